The van der Waals surface area contributed by atoms with Crippen molar-refractivity contribution in [3.05, 3.63) is 47.3 Å². The molecule has 2 heterocycles. The number of nitrogens with zero attached hydrogens (tertiary/aromatic N) is 3. The molecule has 1 N–H and O–H groups in total. The minimum atomic E-state index is -0.158. The van der Waals surface area contributed by atoms with E-state index in [2.05, 4.69) is 20.2 Å². The highest BCUT2D eigenvalue weighted by molar-refractivity contribution is 6.04. The monoisotopic (exact) mass is 312 g/mol. The molecule has 0 aliphatic carbocycles. The molecule has 1 aromatic carbocycles. The van der Waals surface area contributed by atoms with E-state index in [-0.39, 0.29) is 5.91 Å². The van der Waals surface area contributed by atoms with Gasteiger partial charge in [0.1, 0.15) is 18.0 Å². The second-order valence-electron chi connectivity index (χ2n) is 5.63. The molecule has 6 nitrogen and oxygen atoms in total. The van der Waals surface area contributed by atoms with Crippen LogP contribution in [0.5, 0.6) is 0 Å². The Kier molecular flexibility index (Phi) is 4.52. The minimum Gasteiger partial charge on any atom is -0.378 e. The fourth-order valence-electron chi connectivity index (χ4n) is 2.63. The average Bonchev–Trinajstić information content (AvgIpc) is 2.56. The number of amides is 1. The second kappa shape index (κ2) is 6.75. The van der Waals surface area contributed by atoms with Crippen molar-refractivity contribution in [1.29, 1.82) is 0 Å². The quantitative estimate of drug-likeness (QED) is 0.941. The molecule has 0 radical (unpaired) electrons. The van der Waals surface area contributed by atoms with Crippen molar-refractivity contribution in [1.82, 2.24) is 9.97 Å². The van der Waals surface area contributed by atoms with Gasteiger partial charge < -0.3 is 15.0 Å². The lowest BCUT2D eigenvalue weighted by Gasteiger charge is -2.27. The zero-order valence-corrected chi connectivity index (χ0v) is 13.4. The van der Waals surface area contributed by atoms with Crippen LogP contribution in [0.1, 0.15) is 21.5 Å². The molecular weight excluding hydrogens is 292 g/mol. The van der Waals surface area contributed by atoms with Crippen LogP contribution in [-0.2, 0) is 4.74 Å². The van der Waals surface area contributed by atoms with Gasteiger partial charge in [0.15, 0.2) is 0 Å². The lowest BCUT2D eigenvalue weighted by molar-refractivity contribution is 0.102. The number of benzene rings is 1. The van der Waals surface area contributed by atoms with Gasteiger partial charge >= 0.3 is 0 Å². The Hall–Kier alpha value is -2.47. The Labute approximate surface area is 135 Å². The molecule has 23 heavy (non-hydrogen) atoms. The molecule has 0 unspecified atom stereocenters. The number of hydrogen-bond donors (Lipinski definition) is 1. The molecule has 120 valence electrons. The molecule has 2 aromatic rings. The van der Waals surface area contributed by atoms with E-state index in [1.54, 1.807) is 6.07 Å². The molecule has 0 spiro atoms. The van der Waals surface area contributed by atoms with Crippen molar-refractivity contribution >= 4 is 17.5 Å². The summed E-state index contributed by atoms with van der Waals surface area (Å²) in [5, 5.41) is 2.85. The summed E-state index contributed by atoms with van der Waals surface area (Å²) in [6.45, 7) is 6.90. The Morgan fingerprint density at radius 3 is 2.70 bits per heavy atom. The largest absolute Gasteiger partial charge is 0.378 e. The number of morpholine rings is 1. The van der Waals surface area contributed by atoms with Crippen LogP contribution in [0.3, 0.4) is 0 Å². The maximum absolute atomic E-state index is 12.4. The van der Waals surface area contributed by atoms with Gasteiger partial charge in [-0.05, 0) is 25.5 Å². The van der Waals surface area contributed by atoms with Gasteiger partial charge in [-0.3, -0.25) is 4.79 Å². The van der Waals surface area contributed by atoms with Crippen molar-refractivity contribution in [3.63, 3.8) is 0 Å². The SMILES string of the molecule is Cc1ccc(C(=O)Nc2cc(N3CCOCC3)ncn2)c(C)c1. The fourth-order valence-corrected chi connectivity index (χ4v) is 2.63. The molecule has 1 aliphatic rings. The number of aromatic nitrogens is 2. The summed E-state index contributed by atoms with van der Waals surface area (Å²) in [6.07, 6.45) is 1.47. The highest BCUT2D eigenvalue weighted by Crippen LogP contribution is 2.17. The summed E-state index contributed by atoms with van der Waals surface area (Å²) in [5.74, 6) is 1.15. The van der Waals surface area contributed by atoms with Gasteiger partial charge in [0.2, 0.25) is 0 Å². The smallest absolute Gasteiger partial charge is 0.257 e. The average molecular weight is 312 g/mol. The second-order valence-corrected chi connectivity index (χ2v) is 5.63. The number of carbonyl (C=O) groups is 1. The molecule has 6 heteroatoms. The number of ether oxygens (including phenoxy) is 1. The molecule has 1 saturated heterocycles. The van der Waals surface area contributed by atoms with Crippen molar-refractivity contribution < 1.29 is 9.53 Å². The number of anilines is 2. The van der Waals surface area contributed by atoms with Crippen molar-refractivity contribution in [3.8, 4) is 0 Å². The third-order valence-corrected chi connectivity index (χ3v) is 3.86. The third kappa shape index (κ3) is 3.65. The van der Waals surface area contributed by atoms with E-state index >= 15 is 0 Å². The van der Waals surface area contributed by atoms with Crippen molar-refractivity contribution in [2.24, 2.45) is 0 Å². The molecular formula is C17H20N4O2. The number of hydrogen-bond acceptors (Lipinski definition) is 5. The predicted molar refractivity (Wildman–Crippen MR) is 88.9 cm³/mol. The number of rotatable bonds is 3. The fraction of sp³-hybridized carbons (Fsp3) is 0.353. The van der Waals surface area contributed by atoms with E-state index in [1.165, 1.54) is 6.33 Å². The molecule has 1 aliphatic heterocycles. The molecule has 0 atom stereocenters. The Balaban J connectivity index is 1.75. The van der Waals surface area contributed by atoms with Gasteiger partial charge in [-0.15, -0.1) is 0 Å². The Morgan fingerprint density at radius 2 is 1.96 bits per heavy atom. The first-order valence-corrected chi connectivity index (χ1v) is 7.67. The Bertz CT molecular complexity index is 711. The van der Waals surface area contributed by atoms with Crippen LogP contribution in [0.4, 0.5) is 11.6 Å². The minimum absolute atomic E-state index is 0.158. The predicted octanol–water partition coefficient (Wildman–Crippen LogP) is 2.18. The van der Waals surface area contributed by atoms with E-state index in [0.717, 1.165) is 30.0 Å². The van der Waals surface area contributed by atoms with Gasteiger partial charge in [-0.25, -0.2) is 9.97 Å². The van der Waals surface area contributed by atoms with E-state index < -0.39 is 0 Å². The number of aryl methyl sites for hydroxylation is 2. The van der Waals surface area contributed by atoms with Crippen LogP contribution in [0.25, 0.3) is 0 Å². The van der Waals surface area contributed by atoms with E-state index in [1.807, 2.05) is 32.0 Å². The Morgan fingerprint density at radius 1 is 1.17 bits per heavy atom. The van der Waals surface area contributed by atoms with Crippen molar-refractivity contribution in [2.45, 2.75) is 13.8 Å². The van der Waals surface area contributed by atoms with Crippen molar-refractivity contribution in [2.75, 3.05) is 36.5 Å². The first-order chi connectivity index (χ1) is 11.1. The zero-order valence-electron chi connectivity index (χ0n) is 13.4. The number of carbonyl (C=O) groups excluding carboxylic acids is 1. The summed E-state index contributed by atoms with van der Waals surface area (Å²) in [4.78, 5) is 23.0. The van der Waals surface area contributed by atoms with Crippen LogP contribution in [-0.4, -0.2) is 42.2 Å². The highest BCUT2D eigenvalue weighted by Gasteiger charge is 2.15. The lowest BCUT2D eigenvalue weighted by Crippen LogP contribution is -2.36. The van der Waals surface area contributed by atoms with E-state index in [9.17, 15) is 4.79 Å². The van der Waals surface area contributed by atoms with Crippen LogP contribution in [0, 0.1) is 13.8 Å². The van der Waals surface area contributed by atoms with Gasteiger partial charge in [-0.2, -0.15) is 0 Å². The van der Waals surface area contributed by atoms with Crippen LogP contribution in [0.2, 0.25) is 0 Å². The van der Waals surface area contributed by atoms with Gasteiger partial charge in [0.25, 0.3) is 5.91 Å². The van der Waals surface area contributed by atoms with E-state index in [4.69, 9.17) is 4.74 Å². The summed E-state index contributed by atoms with van der Waals surface area (Å²) in [6, 6.07) is 7.56. The lowest BCUT2D eigenvalue weighted by atomic mass is 10.1. The molecule has 1 fully saturated rings. The molecule has 1 amide bonds. The molecule has 0 saturated carbocycles. The topological polar surface area (TPSA) is 67.4 Å². The number of nitrogens with one attached hydrogen (secondary N) is 1. The standard InChI is InChI=1S/C17H20N4O2/c1-12-3-4-14(13(2)9-12)17(22)20-15-10-16(19-11-18-15)21-5-7-23-8-6-21/h3-4,9-11H,5-8H2,1-2H3,(H,18,19,20,22). The normalized spacial score (nSPS) is 14.6. The maximum atomic E-state index is 12.4. The van der Waals surface area contributed by atoms with E-state index in [0.29, 0.717) is 24.6 Å². The third-order valence-electron chi connectivity index (χ3n) is 3.86. The first kappa shape index (κ1) is 15.4. The first-order valence-electron chi connectivity index (χ1n) is 7.67. The molecule has 1 aromatic heterocycles. The zero-order chi connectivity index (χ0) is 16.2. The van der Waals surface area contributed by atoms with Gasteiger partial charge in [-0.1, -0.05) is 17.7 Å². The summed E-state index contributed by atoms with van der Waals surface area (Å²) in [7, 11) is 0. The maximum Gasteiger partial charge on any atom is 0.257 e. The highest BCUT2D eigenvalue weighted by atomic mass is 16.5. The summed E-state index contributed by atoms with van der Waals surface area (Å²) in [5.41, 5.74) is 2.74. The van der Waals surface area contributed by atoms with Gasteiger partial charge in [0.05, 0.1) is 13.2 Å². The van der Waals surface area contributed by atoms with Gasteiger partial charge in [0, 0.05) is 24.7 Å². The molecule has 0 bridgehead atoms. The summed E-state index contributed by atoms with van der Waals surface area (Å²) >= 11 is 0. The van der Waals surface area contributed by atoms with Crippen LogP contribution >= 0.6 is 0 Å². The van der Waals surface area contributed by atoms with Crippen LogP contribution < -0.4 is 10.2 Å². The summed E-state index contributed by atoms with van der Waals surface area (Å²) < 4.78 is 5.34. The van der Waals surface area contributed by atoms with Crippen LogP contribution in [0.15, 0.2) is 30.6 Å². The molecule has 3 rings (SSSR count).